The minimum absolute atomic E-state index is 0.127. The van der Waals surface area contributed by atoms with E-state index in [-0.39, 0.29) is 18.2 Å². The molecule has 1 aliphatic rings. The number of aryl methyl sites for hydroxylation is 1. The van der Waals surface area contributed by atoms with Crippen LogP contribution in [0.5, 0.6) is 23.0 Å². The van der Waals surface area contributed by atoms with Gasteiger partial charge in [0.05, 0.1) is 39.3 Å². The minimum Gasteiger partial charge on any atom is -0.497 e. The average Bonchev–Trinajstić information content (AvgIpc) is 3.55. The van der Waals surface area contributed by atoms with E-state index in [1.165, 1.54) is 0 Å². The maximum absolute atomic E-state index is 13.8. The Hall–Kier alpha value is -4.98. The Morgan fingerprint density at radius 1 is 1.02 bits per heavy atom. The molecule has 5 rings (SSSR count). The van der Waals surface area contributed by atoms with Gasteiger partial charge in [-0.15, -0.1) is 0 Å². The molecule has 1 aliphatic heterocycles. The molecule has 0 radical (unpaired) electrons. The van der Waals surface area contributed by atoms with Crippen LogP contribution in [0.15, 0.2) is 36.5 Å². The van der Waals surface area contributed by atoms with E-state index in [0.717, 1.165) is 0 Å². The highest BCUT2D eigenvalue weighted by Gasteiger charge is 2.35. The summed E-state index contributed by atoms with van der Waals surface area (Å²) >= 11 is 0. The summed E-state index contributed by atoms with van der Waals surface area (Å²) in [4.78, 5) is 19.1. The molecule has 0 N–H and O–H groups in total. The molecule has 1 amide bonds. The summed E-state index contributed by atoms with van der Waals surface area (Å²) in [6.45, 7) is 13.7. The minimum atomic E-state index is -0.434. The van der Waals surface area contributed by atoms with E-state index >= 15 is 0 Å². The number of amides is 1. The van der Waals surface area contributed by atoms with Gasteiger partial charge in [0.2, 0.25) is 5.69 Å². The third kappa shape index (κ3) is 4.71. The number of benzene rings is 2. The molecule has 2 aromatic carbocycles. The molecule has 0 saturated carbocycles. The van der Waals surface area contributed by atoms with Gasteiger partial charge in [-0.3, -0.25) is 9.48 Å². The van der Waals surface area contributed by atoms with Gasteiger partial charge >= 0.3 is 0 Å². The van der Waals surface area contributed by atoms with Crippen LogP contribution in [0.4, 0.5) is 5.69 Å². The molecule has 212 valence electrons. The van der Waals surface area contributed by atoms with Crippen LogP contribution in [0.1, 0.15) is 36.8 Å². The predicted octanol–water partition coefficient (Wildman–Crippen LogP) is 5.28. The van der Waals surface area contributed by atoms with Crippen molar-refractivity contribution in [1.29, 1.82) is 0 Å². The van der Waals surface area contributed by atoms with E-state index in [4.69, 9.17) is 30.6 Å². The molecule has 0 bridgehead atoms. The Bertz CT molecular complexity index is 1680. The van der Waals surface area contributed by atoms with Gasteiger partial charge in [-0.05, 0) is 26.8 Å². The van der Waals surface area contributed by atoms with Crippen LogP contribution >= 0.6 is 0 Å². The van der Waals surface area contributed by atoms with Crippen LogP contribution in [0.2, 0.25) is 0 Å². The average molecular weight is 557 g/mol. The van der Waals surface area contributed by atoms with Crippen molar-refractivity contribution < 1.29 is 23.7 Å². The molecule has 0 unspecified atom stereocenters. The molecular weight excluding hydrogens is 524 g/mol. The topological polar surface area (TPSA) is 97.2 Å². The molecule has 0 fully saturated rings. The van der Waals surface area contributed by atoms with Crippen molar-refractivity contribution in [3.8, 4) is 51.2 Å². The van der Waals surface area contributed by atoms with Gasteiger partial charge in [0.15, 0.2) is 5.69 Å². The SMILES string of the molecule is [C-]#[N+]c1cn(C)nc1-c1cc2c(cc1OC)OCc1c(C(=O)N(C)C(C)(C)C)nn(-c3cc(OC)cc(OC)c3)c1-2. The molecule has 4 aromatic rings. The van der Waals surface area contributed by atoms with Crippen LogP contribution in [0.3, 0.4) is 0 Å². The molecule has 0 atom stereocenters. The van der Waals surface area contributed by atoms with Crippen molar-refractivity contribution in [1.82, 2.24) is 24.5 Å². The van der Waals surface area contributed by atoms with Crippen LogP contribution in [-0.4, -0.2) is 64.3 Å². The van der Waals surface area contributed by atoms with Crippen molar-refractivity contribution in [3.63, 3.8) is 0 Å². The predicted molar refractivity (Wildman–Crippen MR) is 153 cm³/mol. The van der Waals surface area contributed by atoms with Crippen molar-refractivity contribution in [2.45, 2.75) is 32.9 Å². The van der Waals surface area contributed by atoms with Crippen LogP contribution < -0.4 is 18.9 Å². The summed E-state index contributed by atoms with van der Waals surface area (Å²) in [6, 6.07) is 9.08. The Morgan fingerprint density at radius 3 is 2.29 bits per heavy atom. The molecule has 2 aromatic heterocycles. The first-order valence-electron chi connectivity index (χ1n) is 12.9. The zero-order valence-corrected chi connectivity index (χ0v) is 24.4. The maximum atomic E-state index is 13.8. The summed E-state index contributed by atoms with van der Waals surface area (Å²) in [5.41, 5.74) is 3.96. The van der Waals surface area contributed by atoms with Gasteiger partial charge in [0.25, 0.3) is 5.91 Å². The molecular formula is C30H32N6O5. The van der Waals surface area contributed by atoms with Gasteiger partial charge in [0, 0.05) is 66.8 Å². The lowest BCUT2D eigenvalue weighted by atomic mass is 9.97. The Morgan fingerprint density at radius 2 is 1.71 bits per heavy atom. The highest BCUT2D eigenvalue weighted by molar-refractivity contribution is 5.97. The molecule has 11 nitrogen and oxygen atoms in total. The zero-order chi connectivity index (χ0) is 29.6. The number of nitrogens with zero attached hydrogens (tertiary/aromatic N) is 6. The van der Waals surface area contributed by atoms with E-state index in [0.29, 0.717) is 62.5 Å². The number of hydrogen-bond donors (Lipinski definition) is 0. The highest BCUT2D eigenvalue weighted by atomic mass is 16.5. The second kappa shape index (κ2) is 10.2. The van der Waals surface area contributed by atoms with E-state index in [2.05, 4.69) is 9.94 Å². The van der Waals surface area contributed by atoms with Gasteiger partial charge in [-0.1, -0.05) is 0 Å². The second-order valence-electron chi connectivity index (χ2n) is 10.7. The maximum Gasteiger partial charge on any atom is 0.274 e. The molecule has 0 spiro atoms. The third-order valence-electron chi connectivity index (χ3n) is 7.19. The molecule has 0 saturated heterocycles. The van der Waals surface area contributed by atoms with Gasteiger partial charge in [0.1, 0.15) is 35.3 Å². The number of methoxy groups -OCH3 is 3. The highest BCUT2D eigenvalue weighted by Crippen LogP contribution is 2.47. The number of carbonyl (C=O) groups excluding carboxylic acids is 1. The number of aromatic nitrogens is 4. The summed E-state index contributed by atoms with van der Waals surface area (Å²) in [6.07, 6.45) is 1.66. The third-order valence-corrected chi connectivity index (χ3v) is 7.19. The molecule has 41 heavy (non-hydrogen) atoms. The fourth-order valence-electron chi connectivity index (χ4n) is 4.72. The Balaban J connectivity index is 1.82. The standard InChI is InChI=1S/C30H32N6O5/c1-30(2,3)35(6)29(37)27-22-16-41-25-14-24(40-9)20(26-23(31-4)15-34(5)32-26)13-21(25)28(22)36(33-27)17-10-18(38-7)12-19(11-17)39-8/h10-15H,16H2,1-3,5-9H3. The number of rotatable bonds is 6. The fourth-order valence-corrected chi connectivity index (χ4v) is 4.72. The number of ether oxygens (including phenoxy) is 4. The van der Waals surface area contributed by atoms with Gasteiger partial charge < -0.3 is 23.8 Å². The summed E-state index contributed by atoms with van der Waals surface area (Å²) < 4.78 is 26.3. The number of hydrogen-bond acceptors (Lipinski definition) is 7. The summed E-state index contributed by atoms with van der Waals surface area (Å²) in [7, 11) is 8.24. The number of carbonyl (C=O) groups is 1. The Kier molecular flexibility index (Phi) is 6.87. The van der Waals surface area contributed by atoms with E-state index in [1.54, 1.807) is 68.0 Å². The molecule has 11 heteroatoms. The van der Waals surface area contributed by atoms with E-state index in [9.17, 15) is 4.79 Å². The van der Waals surface area contributed by atoms with Crippen LogP contribution in [0.25, 0.3) is 33.0 Å². The molecule has 3 heterocycles. The summed E-state index contributed by atoms with van der Waals surface area (Å²) in [5, 5.41) is 9.40. The van der Waals surface area contributed by atoms with Gasteiger partial charge in [-0.25, -0.2) is 9.53 Å². The lowest BCUT2D eigenvalue weighted by Gasteiger charge is -2.31. The Labute approximate surface area is 238 Å². The second-order valence-corrected chi connectivity index (χ2v) is 10.7. The number of fused-ring (bicyclic) bond motifs is 3. The normalized spacial score (nSPS) is 12.1. The van der Waals surface area contributed by atoms with Crippen molar-refractivity contribution >= 4 is 11.6 Å². The van der Waals surface area contributed by atoms with Crippen LogP contribution in [0, 0.1) is 6.57 Å². The smallest absolute Gasteiger partial charge is 0.274 e. The largest absolute Gasteiger partial charge is 0.497 e. The van der Waals surface area contributed by atoms with E-state index in [1.807, 2.05) is 39.0 Å². The van der Waals surface area contributed by atoms with E-state index < -0.39 is 5.54 Å². The van der Waals surface area contributed by atoms with Gasteiger partial charge in [-0.2, -0.15) is 10.2 Å². The first kappa shape index (κ1) is 27.6. The fraction of sp³-hybridized carbons (Fsp3) is 0.333. The van der Waals surface area contributed by atoms with Crippen molar-refractivity contribution in [2.75, 3.05) is 28.4 Å². The lowest BCUT2D eigenvalue weighted by molar-refractivity contribution is 0.0646. The van der Waals surface area contributed by atoms with Crippen molar-refractivity contribution in [2.24, 2.45) is 7.05 Å². The zero-order valence-electron chi connectivity index (χ0n) is 24.4. The van der Waals surface area contributed by atoms with Crippen LogP contribution in [-0.2, 0) is 13.7 Å². The monoisotopic (exact) mass is 556 g/mol. The summed E-state index contributed by atoms with van der Waals surface area (Å²) in [5.74, 6) is 1.97. The molecule has 0 aliphatic carbocycles. The lowest BCUT2D eigenvalue weighted by Crippen LogP contribution is -2.43. The van der Waals surface area contributed by atoms with Crippen molar-refractivity contribution in [3.05, 3.63) is 59.2 Å². The first-order valence-corrected chi connectivity index (χ1v) is 12.9. The quantitative estimate of drug-likeness (QED) is 0.298. The first-order chi connectivity index (χ1) is 19.5.